The van der Waals surface area contributed by atoms with Gasteiger partial charge in [0.1, 0.15) is 5.75 Å². The van der Waals surface area contributed by atoms with Crippen LogP contribution in [-0.4, -0.2) is 25.0 Å². The van der Waals surface area contributed by atoms with E-state index in [2.05, 4.69) is 10.6 Å². The fourth-order valence-electron chi connectivity index (χ4n) is 2.54. The number of hydrogen-bond acceptors (Lipinski definition) is 4. The topological polar surface area (TPSA) is 67.4 Å². The summed E-state index contributed by atoms with van der Waals surface area (Å²) in [6, 6.07) is 20.2. The van der Waals surface area contributed by atoms with Crippen molar-refractivity contribution in [2.45, 2.75) is 12.8 Å². The second-order valence-corrected chi connectivity index (χ2v) is 7.08. The molecule has 0 bridgehead atoms. The van der Waals surface area contributed by atoms with E-state index in [0.717, 1.165) is 18.6 Å². The normalized spacial score (nSPS) is 10.3. The van der Waals surface area contributed by atoms with Crippen molar-refractivity contribution in [3.63, 3.8) is 0 Å². The fourth-order valence-corrected chi connectivity index (χ4v) is 3.16. The summed E-state index contributed by atoms with van der Waals surface area (Å²) in [6.45, 7) is 1.21. The second-order valence-electron chi connectivity index (χ2n) is 6.13. The minimum absolute atomic E-state index is 0.125. The first kappa shape index (κ1) is 19.6. The van der Waals surface area contributed by atoms with E-state index in [-0.39, 0.29) is 11.8 Å². The van der Waals surface area contributed by atoms with Crippen LogP contribution in [-0.2, 0) is 0 Å². The van der Waals surface area contributed by atoms with E-state index in [9.17, 15) is 9.59 Å². The number of ether oxygens (including phenoxy) is 1. The maximum absolute atomic E-state index is 12.2. The summed E-state index contributed by atoms with van der Waals surface area (Å²) in [4.78, 5) is 24.9. The number of nitrogens with one attached hydrogen (secondary N) is 2. The van der Waals surface area contributed by atoms with Crippen molar-refractivity contribution in [3.05, 3.63) is 82.6 Å². The highest BCUT2D eigenvalue weighted by molar-refractivity contribution is 7.12. The standard InChI is InChI=1S/C22H22N2O3S/c25-21(23-14-4-5-15-27-19-7-2-1-3-8-19)17-10-12-18(13-11-17)24-22(26)20-9-6-16-28-20/h1-3,6-13,16H,4-5,14-15H2,(H,23,25)(H,24,26). The van der Waals surface area contributed by atoms with Crippen molar-refractivity contribution in [2.75, 3.05) is 18.5 Å². The van der Waals surface area contributed by atoms with Crippen LogP contribution in [0.5, 0.6) is 5.75 Å². The molecule has 144 valence electrons. The molecule has 28 heavy (non-hydrogen) atoms. The first-order valence-electron chi connectivity index (χ1n) is 9.13. The highest BCUT2D eigenvalue weighted by Crippen LogP contribution is 2.14. The zero-order valence-corrected chi connectivity index (χ0v) is 16.2. The summed E-state index contributed by atoms with van der Waals surface area (Å²) >= 11 is 1.39. The summed E-state index contributed by atoms with van der Waals surface area (Å²) < 4.78 is 5.62. The molecule has 0 unspecified atom stereocenters. The number of amides is 2. The Kier molecular flexibility index (Phi) is 7.21. The van der Waals surface area contributed by atoms with Crippen LogP contribution in [0, 0.1) is 0 Å². The van der Waals surface area contributed by atoms with Gasteiger partial charge >= 0.3 is 0 Å². The molecule has 0 fully saturated rings. The first-order valence-corrected chi connectivity index (χ1v) is 10.0. The van der Waals surface area contributed by atoms with E-state index in [4.69, 9.17) is 4.74 Å². The monoisotopic (exact) mass is 394 g/mol. The van der Waals surface area contributed by atoms with Gasteiger partial charge < -0.3 is 15.4 Å². The van der Waals surface area contributed by atoms with Crippen LogP contribution in [0.4, 0.5) is 5.69 Å². The zero-order valence-electron chi connectivity index (χ0n) is 15.4. The molecule has 1 aromatic heterocycles. The maximum Gasteiger partial charge on any atom is 0.265 e. The van der Waals surface area contributed by atoms with Gasteiger partial charge in [-0.2, -0.15) is 0 Å². The Bertz CT molecular complexity index is 878. The van der Waals surface area contributed by atoms with Crippen molar-refractivity contribution in [2.24, 2.45) is 0 Å². The Morgan fingerprint density at radius 3 is 2.36 bits per heavy atom. The third kappa shape index (κ3) is 5.96. The van der Waals surface area contributed by atoms with Gasteiger partial charge in [-0.1, -0.05) is 24.3 Å². The van der Waals surface area contributed by atoms with Crippen LogP contribution < -0.4 is 15.4 Å². The SMILES string of the molecule is O=C(NCCCCOc1ccccc1)c1ccc(NC(=O)c2cccs2)cc1. The molecule has 1 heterocycles. The summed E-state index contributed by atoms with van der Waals surface area (Å²) in [5.41, 5.74) is 1.22. The van der Waals surface area contributed by atoms with Crippen molar-refractivity contribution in [1.82, 2.24) is 5.32 Å². The van der Waals surface area contributed by atoms with Crippen LogP contribution in [0.1, 0.15) is 32.9 Å². The zero-order chi connectivity index (χ0) is 19.6. The molecule has 0 saturated heterocycles. The van der Waals surface area contributed by atoms with Gasteiger partial charge in [-0.25, -0.2) is 0 Å². The largest absolute Gasteiger partial charge is 0.494 e. The predicted octanol–water partition coefficient (Wildman–Crippen LogP) is 4.59. The van der Waals surface area contributed by atoms with Gasteiger partial charge in [0, 0.05) is 17.8 Å². The lowest BCUT2D eigenvalue weighted by atomic mass is 10.2. The molecule has 2 aromatic carbocycles. The Labute approximate surface area is 168 Å². The molecule has 2 N–H and O–H groups in total. The first-order chi connectivity index (χ1) is 13.7. The average molecular weight is 394 g/mol. The molecule has 0 atom stereocenters. The molecule has 0 aliphatic carbocycles. The predicted molar refractivity (Wildman–Crippen MR) is 112 cm³/mol. The number of anilines is 1. The van der Waals surface area contributed by atoms with Crippen LogP contribution in [0.2, 0.25) is 0 Å². The third-order valence-electron chi connectivity index (χ3n) is 4.02. The molecule has 5 nitrogen and oxygen atoms in total. The van der Waals surface area contributed by atoms with Gasteiger partial charge in [0.2, 0.25) is 0 Å². The molecule has 0 saturated carbocycles. The molecular formula is C22H22N2O3S. The van der Waals surface area contributed by atoms with Gasteiger partial charge in [0.05, 0.1) is 11.5 Å². The van der Waals surface area contributed by atoms with E-state index < -0.39 is 0 Å². The van der Waals surface area contributed by atoms with Gasteiger partial charge in [0.25, 0.3) is 11.8 Å². The third-order valence-corrected chi connectivity index (χ3v) is 4.89. The van der Waals surface area contributed by atoms with Crippen LogP contribution >= 0.6 is 11.3 Å². The van der Waals surface area contributed by atoms with E-state index in [1.165, 1.54) is 11.3 Å². The van der Waals surface area contributed by atoms with Crippen LogP contribution in [0.3, 0.4) is 0 Å². The molecule has 2 amide bonds. The quantitative estimate of drug-likeness (QED) is 0.522. The molecule has 0 radical (unpaired) electrons. The summed E-state index contributed by atoms with van der Waals surface area (Å²) in [6.07, 6.45) is 1.70. The number of carbonyl (C=O) groups is 2. The summed E-state index contributed by atoms with van der Waals surface area (Å²) in [5.74, 6) is 0.586. The number of thiophene rings is 1. The van der Waals surface area contributed by atoms with Crippen LogP contribution in [0.15, 0.2) is 72.1 Å². The van der Waals surface area contributed by atoms with Crippen molar-refractivity contribution in [1.29, 1.82) is 0 Å². The van der Waals surface area contributed by atoms with E-state index in [0.29, 0.717) is 29.3 Å². The van der Waals surface area contributed by atoms with E-state index >= 15 is 0 Å². The molecule has 0 aliphatic rings. The molecular weight excluding hydrogens is 372 g/mol. The Morgan fingerprint density at radius 1 is 0.857 bits per heavy atom. The summed E-state index contributed by atoms with van der Waals surface area (Å²) in [5, 5.41) is 7.57. The van der Waals surface area contributed by atoms with Gasteiger partial charge in [0.15, 0.2) is 0 Å². The lowest BCUT2D eigenvalue weighted by Crippen LogP contribution is -2.24. The van der Waals surface area contributed by atoms with Gasteiger partial charge in [-0.3, -0.25) is 9.59 Å². The number of unbranched alkanes of at least 4 members (excludes halogenated alkanes) is 1. The molecule has 3 rings (SSSR count). The highest BCUT2D eigenvalue weighted by atomic mass is 32.1. The maximum atomic E-state index is 12.2. The molecule has 0 spiro atoms. The van der Waals surface area contributed by atoms with E-state index in [1.54, 1.807) is 30.3 Å². The fraction of sp³-hybridized carbons (Fsp3) is 0.182. The lowest BCUT2D eigenvalue weighted by Gasteiger charge is -2.08. The average Bonchev–Trinajstić information content (AvgIpc) is 3.27. The Morgan fingerprint density at radius 2 is 1.64 bits per heavy atom. The van der Waals surface area contributed by atoms with Crippen LogP contribution in [0.25, 0.3) is 0 Å². The number of rotatable bonds is 9. The number of hydrogen-bond donors (Lipinski definition) is 2. The van der Waals surface area contributed by atoms with E-state index in [1.807, 2.05) is 41.8 Å². The Hall–Kier alpha value is -3.12. The molecule has 0 aliphatic heterocycles. The number of benzene rings is 2. The van der Waals surface area contributed by atoms with Crippen molar-refractivity contribution >= 4 is 28.8 Å². The van der Waals surface area contributed by atoms with Gasteiger partial charge in [-0.05, 0) is 60.7 Å². The van der Waals surface area contributed by atoms with Crippen molar-refractivity contribution in [3.8, 4) is 5.75 Å². The number of carbonyl (C=O) groups excluding carboxylic acids is 2. The number of para-hydroxylation sites is 1. The Balaban J connectivity index is 1.35. The molecule has 6 heteroatoms. The minimum Gasteiger partial charge on any atom is -0.494 e. The van der Waals surface area contributed by atoms with Gasteiger partial charge in [-0.15, -0.1) is 11.3 Å². The second kappa shape index (κ2) is 10.3. The smallest absolute Gasteiger partial charge is 0.265 e. The molecule has 3 aromatic rings. The highest BCUT2D eigenvalue weighted by Gasteiger charge is 2.08. The summed E-state index contributed by atoms with van der Waals surface area (Å²) in [7, 11) is 0. The van der Waals surface area contributed by atoms with Crippen molar-refractivity contribution < 1.29 is 14.3 Å². The minimum atomic E-state index is -0.148. The lowest BCUT2D eigenvalue weighted by molar-refractivity contribution is 0.0951.